The number of rotatable bonds is 10. The van der Waals surface area contributed by atoms with Gasteiger partial charge >= 0.3 is 0 Å². The predicted octanol–water partition coefficient (Wildman–Crippen LogP) is 2.84. The Bertz CT molecular complexity index is 738. The summed E-state index contributed by atoms with van der Waals surface area (Å²) in [6, 6.07) is 5.26. The largest absolute Gasteiger partial charge is 0.330 e. The quantitative estimate of drug-likeness (QED) is 0.356. The first kappa shape index (κ1) is 20.9. The molecule has 2 aliphatic heterocycles. The fourth-order valence-electron chi connectivity index (χ4n) is 3.83. The van der Waals surface area contributed by atoms with E-state index in [1.807, 2.05) is 12.1 Å². The highest BCUT2D eigenvalue weighted by molar-refractivity contribution is 7.99. The van der Waals surface area contributed by atoms with Crippen LogP contribution in [0.25, 0.3) is 0 Å². The number of nitrogens with one attached hydrogen (secondary N) is 1. The summed E-state index contributed by atoms with van der Waals surface area (Å²) >= 11 is 1.79. The highest BCUT2D eigenvalue weighted by atomic mass is 32.2. The molecule has 1 saturated heterocycles. The van der Waals surface area contributed by atoms with E-state index in [1.165, 1.54) is 25.7 Å². The van der Waals surface area contributed by atoms with Crippen molar-refractivity contribution < 1.29 is 14.4 Å². The molecule has 6 nitrogen and oxygen atoms in total. The number of hydrogen-bond donors (Lipinski definition) is 2. The number of hydrogen-bond acceptors (Lipinski definition) is 5. The van der Waals surface area contributed by atoms with Gasteiger partial charge in [0.2, 0.25) is 11.8 Å². The van der Waals surface area contributed by atoms with Gasteiger partial charge in [0.05, 0.1) is 0 Å². The van der Waals surface area contributed by atoms with Crippen molar-refractivity contribution in [1.29, 1.82) is 0 Å². The maximum Gasteiger partial charge on any atom is 0.255 e. The third-order valence-electron chi connectivity index (χ3n) is 5.40. The molecule has 3 rings (SSSR count). The van der Waals surface area contributed by atoms with E-state index < -0.39 is 6.04 Å². The van der Waals surface area contributed by atoms with Crippen LogP contribution < -0.4 is 11.1 Å². The van der Waals surface area contributed by atoms with Gasteiger partial charge in [-0.05, 0) is 49.3 Å². The summed E-state index contributed by atoms with van der Waals surface area (Å²) in [6.07, 6.45) is 7.88. The van der Waals surface area contributed by atoms with Crippen LogP contribution in [0, 0.1) is 0 Å². The molecule has 3 N–H and O–H groups in total. The first-order valence-electron chi connectivity index (χ1n) is 10.2. The summed E-state index contributed by atoms with van der Waals surface area (Å²) in [5, 5.41) is 2.35. The van der Waals surface area contributed by atoms with E-state index in [-0.39, 0.29) is 24.1 Å². The van der Waals surface area contributed by atoms with Crippen LogP contribution in [0.2, 0.25) is 0 Å². The molecule has 7 heteroatoms. The number of carbonyl (C=O) groups is 3. The van der Waals surface area contributed by atoms with E-state index in [0.29, 0.717) is 18.5 Å². The molecule has 0 spiro atoms. The lowest BCUT2D eigenvalue weighted by molar-refractivity contribution is -0.136. The number of fused-ring (bicyclic) bond motifs is 1. The lowest BCUT2D eigenvalue weighted by Gasteiger charge is -2.29. The topological polar surface area (TPSA) is 92.5 Å². The van der Waals surface area contributed by atoms with E-state index in [2.05, 4.69) is 11.4 Å². The predicted molar refractivity (Wildman–Crippen MR) is 110 cm³/mol. The normalized spacial score (nSPS) is 19.1. The molecule has 0 aliphatic carbocycles. The molecule has 0 aromatic heterocycles. The number of nitrogens with zero attached hydrogens (tertiary/aromatic N) is 1. The highest BCUT2D eigenvalue weighted by Gasteiger charge is 2.39. The molecule has 28 heavy (non-hydrogen) atoms. The standard InChI is InChI=1S/C21H29N3O3S/c22-12-5-3-1-2-4-6-13-28-18-9-7-8-15-16(18)14-24(21(15)27)17-10-11-19(25)23-20(17)26/h7-9,17H,1-6,10-14,22H2,(H,23,25,26). The Balaban J connectivity index is 1.54. The third-order valence-corrected chi connectivity index (χ3v) is 6.58. The zero-order chi connectivity index (χ0) is 19.9. The van der Waals surface area contributed by atoms with Crippen molar-refractivity contribution in [1.82, 2.24) is 10.2 Å². The lowest BCUT2D eigenvalue weighted by atomic mass is 10.0. The lowest BCUT2D eigenvalue weighted by Crippen LogP contribution is -2.52. The fraction of sp³-hybridized carbons (Fsp3) is 0.571. The highest BCUT2D eigenvalue weighted by Crippen LogP contribution is 2.34. The Morgan fingerprint density at radius 1 is 1.07 bits per heavy atom. The fourth-order valence-corrected chi connectivity index (χ4v) is 4.92. The Labute approximate surface area is 170 Å². The number of amides is 3. The van der Waals surface area contributed by atoms with Crippen LogP contribution in [0.5, 0.6) is 0 Å². The molecule has 0 saturated carbocycles. The maximum atomic E-state index is 12.8. The first-order valence-corrected chi connectivity index (χ1v) is 11.2. The van der Waals surface area contributed by atoms with Crippen LogP contribution in [-0.4, -0.2) is 41.0 Å². The molecule has 0 bridgehead atoms. The van der Waals surface area contributed by atoms with E-state index in [1.54, 1.807) is 16.7 Å². The SMILES string of the molecule is NCCCCCCCCSc1cccc2c1CN(C1CCC(=O)NC1=O)C2=O. The summed E-state index contributed by atoms with van der Waals surface area (Å²) in [5.41, 5.74) is 7.22. The van der Waals surface area contributed by atoms with Gasteiger partial charge in [-0.15, -0.1) is 11.8 Å². The van der Waals surface area contributed by atoms with Crippen LogP contribution in [-0.2, 0) is 16.1 Å². The second kappa shape index (κ2) is 10.1. The molecule has 1 unspecified atom stereocenters. The molecule has 3 amide bonds. The summed E-state index contributed by atoms with van der Waals surface area (Å²) in [4.78, 5) is 39.1. The average molecular weight is 404 g/mol. The second-order valence-corrected chi connectivity index (χ2v) is 8.58. The second-order valence-electron chi connectivity index (χ2n) is 7.44. The van der Waals surface area contributed by atoms with Crippen molar-refractivity contribution in [2.45, 2.75) is 68.8 Å². The Morgan fingerprint density at radius 2 is 1.82 bits per heavy atom. The van der Waals surface area contributed by atoms with Gasteiger partial charge in [0.1, 0.15) is 6.04 Å². The molecule has 2 aliphatic rings. The monoisotopic (exact) mass is 403 g/mol. The number of imide groups is 1. The molecule has 152 valence electrons. The van der Waals surface area contributed by atoms with E-state index in [9.17, 15) is 14.4 Å². The Morgan fingerprint density at radius 3 is 2.57 bits per heavy atom. The number of benzene rings is 1. The molecular formula is C21H29N3O3S. The molecule has 1 fully saturated rings. The zero-order valence-electron chi connectivity index (χ0n) is 16.2. The minimum Gasteiger partial charge on any atom is -0.330 e. The number of piperidine rings is 1. The van der Waals surface area contributed by atoms with Crippen molar-refractivity contribution in [3.05, 3.63) is 29.3 Å². The zero-order valence-corrected chi connectivity index (χ0v) is 17.1. The molecule has 0 radical (unpaired) electrons. The summed E-state index contributed by atoms with van der Waals surface area (Å²) in [7, 11) is 0. The van der Waals surface area contributed by atoms with Crippen LogP contribution >= 0.6 is 11.8 Å². The van der Waals surface area contributed by atoms with Crippen LogP contribution in [0.15, 0.2) is 23.1 Å². The molecule has 2 heterocycles. The average Bonchev–Trinajstić information content (AvgIpc) is 3.01. The maximum absolute atomic E-state index is 12.8. The van der Waals surface area contributed by atoms with E-state index >= 15 is 0 Å². The van der Waals surface area contributed by atoms with Gasteiger partial charge in [-0.1, -0.05) is 31.7 Å². The van der Waals surface area contributed by atoms with Gasteiger partial charge in [-0.2, -0.15) is 0 Å². The summed E-state index contributed by atoms with van der Waals surface area (Å²) < 4.78 is 0. The number of carbonyl (C=O) groups excluding carboxylic acids is 3. The molecule has 1 aromatic rings. The van der Waals surface area contributed by atoms with Crippen molar-refractivity contribution in [2.75, 3.05) is 12.3 Å². The van der Waals surface area contributed by atoms with E-state index in [4.69, 9.17) is 5.73 Å². The van der Waals surface area contributed by atoms with Crippen LogP contribution in [0.1, 0.15) is 67.3 Å². The smallest absolute Gasteiger partial charge is 0.255 e. The minimum atomic E-state index is -0.552. The van der Waals surface area contributed by atoms with Crippen molar-refractivity contribution >= 4 is 29.5 Å². The molecular weight excluding hydrogens is 374 g/mol. The Kier molecular flexibility index (Phi) is 7.50. The Hall–Kier alpha value is -1.86. The van der Waals surface area contributed by atoms with Gasteiger partial charge in [-0.3, -0.25) is 19.7 Å². The van der Waals surface area contributed by atoms with Crippen molar-refractivity contribution in [3.8, 4) is 0 Å². The molecule has 1 atom stereocenters. The summed E-state index contributed by atoms with van der Waals surface area (Å²) in [5.74, 6) is 0.303. The minimum absolute atomic E-state index is 0.105. The number of unbranched alkanes of at least 4 members (excludes halogenated alkanes) is 5. The van der Waals surface area contributed by atoms with Crippen molar-refractivity contribution in [2.24, 2.45) is 5.73 Å². The van der Waals surface area contributed by atoms with E-state index in [0.717, 1.165) is 35.6 Å². The van der Waals surface area contributed by atoms with Crippen LogP contribution in [0.4, 0.5) is 0 Å². The van der Waals surface area contributed by atoms with Gasteiger partial charge in [0.25, 0.3) is 5.91 Å². The van der Waals surface area contributed by atoms with Gasteiger partial charge in [0.15, 0.2) is 0 Å². The molecule has 1 aromatic carbocycles. The summed E-state index contributed by atoms with van der Waals surface area (Å²) in [6.45, 7) is 1.23. The van der Waals surface area contributed by atoms with Gasteiger partial charge in [0, 0.05) is 23.4 Å². The number of thioether (sulfide) groups is 1. The van der Waals surface area contributed by atoms with Gasteiger partial charge < -0.3 is 10.6 Å². The van der Waals surface area contributed by atoms with Gasteiger partial charge in [-0.25, -0.2) is 0 Å². The van der Waals surface area contributed by atoms with Crippen molar-refractivity contribution in [3.63, 3.8) is 0 Å². The third kappa shape index (κ3) is 4.94. The van der Waals surface area contributed by atoms with Crippen LogP contribution in [0.3, 0.4) is 0 Å². The number of nitrogens with two attached hydrogens (primary N) is 1. The first-order chi connectivity index (χ1) is 13.6.